The van der Waals surface area contributed by atoms with E-state index in [-0.39, 0.29) is 5.91 Å². The molecule has 3 aromatic rings. The summed E-state index contributed by atoms with van der Waals surface area (Å²) in [4.78, 5) is 16.5. The van der Waals surface area contributed by atoms with Gasteiger partial charge in [-0.3, -0.25) is 4.79 Å². The van der Waals surface area contributed by atoms with Crippen LogP contribution in [0, 0.1) is 20.8 Å². The zero-order valence-electron chi connectivity index (χ0n) is 15.3. The van der Waals surface area contributed by atoms with Gasteiger partial charge in [0.2, 0.25) is 5.91 Å². The molecule has 1 amide bonds. The van der Waals surface area contributed by atoms with Crippen LogP contribution in [-0.4, -0.2) is 22.6 Å². The molecule has 2 aromatic heterocycles. The number of nitrogens with zero attached hydrogens (tertiary/aromatic N) is 2. The fraction of sp³-hybridized carbons (Fsp3) is 0.350. The Morgan fingerprint density at radius 1 is 1.15 bits per heavy atom. The number of carbonyl (C=O) groups excluding carboxylic acids is 1. The number of benzene rings is 1. The molecule has 136 valence electrons. The summed E-state index contributed by atoms with van der Waals surface area (Å²) in [5.74, 6) is 0.852. The van der Waals surface area contributed by atoms with Crippen LogP contribution in [-0.2, 0) is 17.6 Å². The first kappa shape index (κ1) is 18.3. The molecule has 0 saturated heterocycles. The van der Waals surface area contributed by atoms with Gasteiger partial charge < -0.3 is 9.84 Å². The van der Waals surface area contributed by atoms with Crippen molar-refractivity contribution >= 4 is 17.2 Å². The van der Waals surface area contributed by atoms with Crippen molar-refractivity contribution in [2.75, 3.05) is 6.54 Å². The molecule has 6 heteroatoms. The third-order valence-electron chi connectivity index (χ3n) is 4.39. The summed E-state index contributed by atoms with van der Waals surface area (Å²) in [5.41, 5.74) is 5.25. The summed E-state index contributed by atoms with van der Waals surface area (Å²) in [6.07, 6.45) is 1.92. The zero-order valence-corrected chi connectivity index (χ0v) is 16.2. The molecule has 0 radical (unpaired) electrons. The van der Waals surface area contributed by atoms with E-state index in [1.54, 1.807) is 11.3 Å². The van der Waals surface area contributed by atoms with E-state index in [9.17, 15) is 4.79 Å². The Morgan fingerprint density at radius 3 is 2.54 bits per heavy atom. The molecule has 2 heterocycles. The van der Waals surface area contributed by atoms with Crippen molar-refractivity contribution < 1.29 is 9.32 Å². The van der Waals surface area contributed by atoms with Gasteiger partial charge in [0.25, 0.3) is 0 Å². The van der Waals surface area contributed by atoms with Crippen LogP contribution in [0.1, 0.15) is 34.0 Å². The second-order valence-electron chi connectivity index (χ2n) is 6.35. The average molecular weight is 369 g/mol. The molecule has 3 rings (SSSR count). The first-order chi connectivity index (χ1) is 12.5. The molecule has 0 spiro atoms. The molecule has 0 aliphatic rings. The monoisotopic (exact) mass is 369 g/mol. The summed E-state index contributed by atoms with van der Waals surface area (Å²) in [5, 5.41) is 10.0. The molecule has 26 heavy (non-hydrogen) atoms. The summed E-state index contributed by atoms with van der Waals surface area (Å²) in [6.45, 7) is 6.43. The molecule has 0 atom stereocenters. The van der Waals surface area contributed by atoms with Gasteiger partial charge in [0.1, 0.15) is 5.76 Å². The van der Waals surface area contributed by atoms with Crippen LogP contribution in [0.5, 0.6) is 0 Å². The summed E-state index contributed by atoms with van der Waals surface area (Å²) < 4.78 is 5.12. The number of thiazole rings is 1. The number of amides is 1. The number of hydrogen-bond donors (Lipinski definition) is 1. The van der Waals surface area contributed by atoms with Crippen LogP contribution >= 0.6 is 11.3 Å². The number of aromatic nitrogens is 2. The molecular formula is C20H23N3O2S. The minimum absolute atomic E-state index is 0.0552. The lowest BCUT2D eigenvalue weighted by molar-refractivity contribution is -0.121. The molecule has 0 saturated carbocycles. The largest absolute Gasteiger partial charge is 0.361 e. The van der Waals surface area contributed by atoms with Gasteiger partial charge in [-0.25, -0.2) is 4.98 Å². The lowest BCUT2D eigenvalue weighted by atomic mass is 10.1. The predicted octanol–water partition coefficient (Wildman–Crippen LogP) is 4.01. The van der Waals surface area contributed by atoms with E-state index in [1.165, 1.54) is 5.56 Å². The number of carbonyl (C=O) groups is 1. The van der Waals surface area contributed by atoms with Gasteiger partial charge in [-0.1, -0.05) is 29.4 Å². The maximum Gasteiger partial charge on any atom is 0.220 e. The minimum atomic E-state index is 0.0552. The second kappa shape index (κ2) is 8.27. The van der Waals surface area contributed by atoms with Crippen LogP contribution < -0.4 is 5.32 Å². The normalized spacial score (nSPS) is 10.9. The van der Waals surface area contributed by atoms with Crippen LogP contribution in [0.15, 0.2) is 34.2 Å². The Kier molecular flexibility index (Phi) is 5.83. The summed E-state index contributed by atoms with van der Waals surface area (Å²) in [7, 11) is 0. The van der Waals surface area contributed by atoms with E-state index in [0.717, 1.165) is 39.7 Å². The summed E-state index contributed by atoms with van der Waals surface area (Å²) >= 11 is 1.66. The first-order valence-electron chi connectivity index (χ1n) is 8.73. The van der Waals surface area contributed by atoms with E-state index in [4.69, 9.17) is 4.52 Å². The molecule has 0 unspecified atom stereocenters. The second-order valence-corrected chi connectivity index (χ2v) is 7.41. The Morgan fingerprint density at radius 2 is 1.92 bits per heavy atom. The van der Waals surface area contributed by atoms with Gasteiger partial charge >= 0.3 is 0 Å². The predicted molar refractivity (Wildman–Crippen MR) is 103 cm³/mol. The van der Waals surface area contributed by atoms with Crippen molar-refractivity contribution in [2.24, 2.45) is 0 Å². The topological polar surface area (TPSA) is 68.0 Å². The standard InChI is InChI=1S/C20H23N3O2S/c1-13-18(14(2)25-23-13)8-9-20(24)21-11-10-16-4-6-17(7-5-16)19-12-26-15(3)22-19/h4-7,12H,8-11H2,1-3H3,(H,21,24). The highest BCUT2D eigenvalue weighted by Gasteiger charge is 2.11. The van der Waals surface area contributed by atoms with E-state index in [0.29, 0.717) is 19.4 Å². The number of aryl methyl sites for hydroxylation is 3. The smallest absolute Gasteiger partial charge is 0.220 e. The average Bonchev–Trinajstić information content (AvgIpc) is 3.20. The quantitative estimate of drug-likeness (QED) is 0.683. The van der Waals surface area contributed by atoms with Crippen molar-refractivity contribution in [2.45, 2.75) is 40.0 Å². The van der Waals surface area contributed by atoms with Crippen molar-refractivity contribution in [3.05, 3.63) is 57.2 Å². The van der Waals surface area contributed by atoms with Gasteiger partial charge in [0.15, 0.2) is 0 Å². The van der Waals surface area contributed by atoms with E-state index < -0.39 is 0 Å². The molecule has 1 N–H and O–H groups in total. The summed E-state index contributed by atoms with van der Waals surface area (Å²) in [6, 6.07) is 8.37. The molecule has 0 bridgehead atoms. The van der Waals surface area contributed by atoms with E-state index in [1.807, 2.05) is 20.8 Å². The maximum atomic E-state index is 12.0. The van der Waals surface area contributed by atoms with Crippen LogP contribution in [0.2, 0.25) is 0 Å². The van der Waals surface area contributed by atoms with Crippen molar-refractivity contribution in [3.8, 4) is 11.3 Å². The molecule has 0 aliphatic carbocycles. The fourth-order valence-corrected chi connectivity index (χ4v) is 3.49. The van der Waals surface area contributed by atoms with E-state index >= 15 is 0 Å². The van der Waals surface area contributed by atoms with Crippen LogP contribution in [0.3, 0.4) is 0 Å². The Labute approximate surface area is 157 Å². The number of hydrogen-bond acceptors (Lipinski definition) is 5. The highest BCUT2D eigenvalue weighted by atomic mass is 32.1. The van der Waals surface area contributed by atoms with Crippen molar-refractivity contribution in [1.82, 2.24) is 15.5 Å². The highest BCUT2D eigenvalue weighted by Crippen LogP contribution is 2.21. The van der Waals surface area contributed by atoms with Gasteiger partial charge in [0.05, 0.1) is 16.4 Å². The third-order valence-corrected chi connectivity index (χ3v) is 5.16. The maximum absolute atomic E-state index is 12.0. The van der Waals surface area contributed by atoms with E-state index in [2.05, 4.69) is 45.1 Å². The number of rotatable bonds is 7. The Balaban J connectivity index is 1.43. The molecule has 0 fully saturated rings. The molecule has 1 aromatic carbocycles. The molecule has 5 nitrogen and oxygen atoms in total. The minimum Gasteiger partial charge on any atom is -0.361 e. The lowest BCUT2D eigenvalue weighted by Gasteiger charge is -2.06. The van der Waals surface area contributed by atoms with Crippen LogP contribution in [0.4, 0.5) is 0 Å². The van der Waals surface area contributed by atoms with Gasteiger partial charge in [-0.2, -0.15) is 0 Å². The van der Waals surface area contributed by atoms with Gasteiger partial charge in [-0.15, -0.1) is 11.3 Å². The van der Waals surface area contributed by atoms with Gasteiger partial charge in [-0.05, 0) is 39.2 Å². The van der Waals surface area contributed by atoms with Crippen LogP contribution in [0.25, 0.3) is 11.3 Å². The van der Waals surface area contributed by atoms with Crippen molar-refractivity contribution in [1.29, 1.82) is 0 Å². The molecular weight excluding hydrogens is 346 g/mol. The first-order valence-corrected chi connectivity index (χ1v) is 9.61. The Hall–Kier alpha value is -2.47. The molecule has 0 aliphatic heterocycles. The lowest BCUT2D eigenvalue weighted by Crippen LogP contribution is -2.25. The highest BCUT2D eigenvalue weighted by molar-refractivity contribution is 7.09. The number of nitrogens with one attached hydrogen (secondary N) is 1. The fourth-order valence-electron chi connectivity index (χ4n) is 2.87. The van der Waals surface area contributed by atoms with Crippen molar-refractivity contribution in [3.63, 3.8) is 0 Å². The zero-order chi connectivity index (χ0) is 18.5. The van der Waals surface area contributed by atoms with Gasteiger partial charge in [0, 0.05) is 29.5 Å². The Bertz CT molecular complexity index is 861. The third kappa shape index (κ3) is 4.58. The SMILES string of the molecule is Cc1nc(-c2ccc(CCNC(=O)CCc3c(C)noc3C)cc2)cs1.